The molecule has 0 spiro atoms. The monoisotopic (exact) mass is 303 g/mol. The summed E-state index contributed by atoms with van der Waals surface area (Å²) in [6, 6.07) is 9.51. The molecule has 0 unspecified atom stereocenters. The first kappa shape index (κ1) is 14.8. The second kappa shape index (κ2) is 6.75. The van der Waals surface area contributed by atoms with Crippen molar-refractivity contribution in [2.75, 3.05) is 13.2 Å². The molecular weight excluding hydrogens is 285 g/mol. The lowest BCUT2D eigenvalue weighted by molar-refractivity contribution is 0.0249. The van der Waals surface area contributed by atoms with Crippen LogP contribution in [0.4, 0.5) is 4.39 Å². The Hall–Kier alpha value is -2.14. The van der Waals surface area contributed by atoms with E-state index in [0.29, 0.717) is 25.3 Å². The van der Waals surface area contributed by atoms with E-state index in [-0.39, 0.29) is 11.9 Å². The van der Waals surface area contributed by atoms with Crippen molar-refractivity contribution in [2.45, 2.75) is 25.4 Å². The van der Waals surface area contributed by atoms with Gasteiger partial charge in [-0.3, -0.25) is 4.79 Å². The molecule has 1 aromatic carbocycles. The number of carbonyl (C=O) groups excluding carboxylic acids is 1. The zero-order valence-electron chi connectivity index (χ0n) is 12.2. The van der Waals surface area contributed by atoms with Crippen molar-refractivity contribution in [2.24, 2.45) is 0 Å². The molecule has 1 aliphatic heterocycles. The number of benzene rings is 1. The lowest BCUT2D eigenvalue weighted by Gasteiger charge is -2.34. The van der Waals surface area contributed by atoms with Gasteiger partial charge in [-0.1, -0.05) is 6.07 Å². The van der Waals surface area contributed by atoms with Gasteiger partial charge in [-0.2, -0.15) is 0 Å². The van der Waals surface area contributed by atoms with Crippen LogP contribution in [0, 0.1) is 5.82 Å². The molecule has 1 saturated heterocycles. The van der Waals surface area contributed by atoms with Crippen molar-refractivity contribution in [1.82, 2.24) is 4.90 Å². The fourth-order valence-electron chi connectivity index (χ4n) is 2.72. The summed E-state index contributed by atoms with van der Waals surface area (Å²) in [7, 11) is 0. The molecule has 4 nitrogen and oxygen atoms in total. The van der Waals surface area contributed by atoms with Crippen molar-refractivity contribution in [3.05, 3.63) is 59.8 Å². The van der Waals surface area contributed by atoms with Crippen LogP contribution in [-0.2, 0) is 11.3 Å². The molecule has 0 saturated carbocycles. The van der Waals surface area contributed by atoms with E-state index >= 15 is 0 Å². The molecule has 116 valence electrons. The van der Waals surface area contributed by atoms with Crippen LogP contribution in [0.25, 0.3) is 0 Å². The van der Waals surface area contributed by atoms with E-state index in [1.165, 1.54) is 12.1 Å². The Bertz CT molecular complexity index is 621. The zero-order valence-corrected chi connectivity index (χ0v) is 12.2. The van der Waals surface area contributed by atoms with E-state index in [1.807, 2.05) is 6.07 Å². The predicted octanol–water partition coefficient (Wildman–Crippen LogP) is 3.24. The van der Waals surface area contributed by atoms with Gasteiger partial charge < -0.3 is 14.1 Å². The highest BCUT2D eigenvalue weighted by molar-refractivity contribution is 5.94. The number of furan rings is 1. The molecule has 1 amide bonds. The number of rotatable bonds is 4. The molecular formula is C17H18FNO3. The third kappa shape index (κ3) is 3.36. The normalized spacial score (nSPS) is 15.7. The summed E-state index contributed by atoms with van der Waals surface area (Å²) in [5.41, 5.74) is 0.359. The Morgan fingerprint density at radius 3 is 2.73 bits per heavy atom. The highest BCUT2D eigenvalue weighted by Gasteiger charge is 2.27. The Labute approximate surface area is 128 Å². The number of ether oxygens (including phenoxy) is 1. The van der Waals surface area contributed by atoms with E-state index in [9.17, 15) is 9.18 Å². The van der Waals surface area contributed by atoms with Crippen LogP contribution >= 0.6 is 0 Å². The van der Waals surface area contributed by atoms with E-state index in [2.05, 4.69) is 0 Å². The van der Waals surface area contributed by atoms with Crippen LogP contribution in [0.3, 0.4) is 0 Å². The smallest absolute Gasteiger partial charge is 0.254 e. The maximum absolute atomic E-state index is 13.4. The number of halogens is 1. The van der Waals surface area contributed by atoms with Gasteiger partial charge in [0.05, 0.1) is 12.8 Å². The standard InChI is InChI=1S/C17H18FNO3/c18-14-4-1-3-13(11-14)17(20)19(12-16-5-2-8-22-16)15-6-9-21-10-7-15/h1-5,8,11,15H,6-7,9-10,12H2. The minimum absolute atomic E-state index is 0.0783. The summed E-state index contributed by atoms with van der Waals surface area (Å²) in [5.74, 6) is 0.134. The summed E-state index contributed by atoms with van der Waals surface area (Å²) >= 11 is 0. The van der Waals surface area contributed by atoms with E-state index < -0.39 is 5.82 Å². The number of amides is 1. The average Bonchev–Trinajstić information content (AvgIpc) is 3.06. The minimum atomic E-state index is -0.407. The SMILES string of the molecule is O=C(c1cccc(F)c1)N(Cc1ccco1)C1CCOCC1. The molecule has 2 heterocycles. The van der Waals surface area contributed by atoms with Gasteiger partial charge in [-0.15, -0.1) is 0 Å². The fraction of sp³-hybridized carbons (Fsp3) is 0.353. The quantitative estimate of drug-likeness (QED) is 0.871. The van der Waals surface area contributed by atoms with Gasteiger partial charge in [0, 0.05) is 24.8 Å². The number of hydrogen-bond acceptors (Lipinski definition) is 3. The summed E-state index contributed by atoms with van der Waals surface area (Å²) in [6.45, 7) is 1.65. The largest absolute Gasteiger partial charge is 0.467 e. The first-order valence-electron chi connectivity index (χ1n) is 7.41. The van der Waals surface area contributed by atoms with Gasteiger partial charge >= 0.3 is 0 Å². The zero-order chi connectivity index (χ0) is 15.4. The van der Waals surface area contributed by atoms with Crippen LogP contribution in [0.15, 0.2) is 47.1 Å². The molecule has 1 aromatic heterocycles. The van der Waals surface area contributed by atoms with Crippen LogP contribution in [0.5, 0.6) is 0 Å². The molecule has 0 atom stereocenters. The van der Waals surface area contributed by atoms with Gasteiger partial charge in [0.1, 0.15) is 11.6 Å². The van der Waals surface area contributed by atoms with E-state index in [4.69, 9.17) is 9.15 Å². The van der Waals surface area contributed by atoms with Crippen molar-refractivity contribution >= 4 is 5.91 Å². The minimum Gasteiger partial charge on any atom is -0.467 e. The molecule has 5 heteroatoms. The van der Waals surface area contributed by atoms with Gasteiger partial charge in [-0.05, 0) is 43.2 Å². The van der Waals surface area contributed by atoms with Crippen LogP contribution < -0.4 is 0 Å². The van der Waals surface area contributed by atoms with Crippen LogP contribution in [-0.4, -0.2) is 30.1 Å². The number of carbonyl (C=O) groups is 1. The summed E-state index contributed by atoms with van der Waals surface area (Å²) < 4.78 is 24.1. The Balaban J connectivity index is 1.84. The fourth-order valence-corrected chi connectivity index (χ4v) is 2.72. The Morgan fingerprint density at radius 2 is 2.05 bits per heavy atom. The summed E-state index contributed by atoms with van der Waals surface area (Å²) in [4.78, 5) is 14.6. The van der Waals surface area contributed by atoms with Crippen LogP contribution in [0.2, 0.25) is 0 Å². The second-order valence-corrected chi connectivity index (χ2v) is 5.37. The van der Waals surface area contributed by atoms with Crippen molar-refractivity contribution in [3.63, 3.8) is 0 Å². The molecule has 0 radical (unpaired) electrons. The molecule has 0 N–H and O–H groups in total. The highest BCUT2D eigenvalue weighted by atomic mass is 19.1. The summed E-state index contributed by atoms with van der Waals surface area (Å²) in [6.07, 6.45) is 3.15. The molecule has 22 heavy (non-hydrogen) atoms. The molecule has 0 aliphatic carbocycles. The molecule has 2 aromatic rings. The van der Waals surface area contributed by atoms with E-state index in [1.54, 1.807) is 29.4 Å². The third-order valence-electron chi connectivity index (χ3n) is 3.87. The lowest BCUT2D eigenvalue weighted by atomic mass is 10.0. The first-order chi connectivity index (χ1) is 10.7. The number of hydrogen-bond donors (Lipinski definition) is 0. The van der Waals surface area contributed by atoms with Crippen LogP contribution in [0.1, 0.15) is 29.0 Å². The van der Waals surface area contributed by atoms with Crippen molar-refractivity contribution in [1.29, 1.82) is 0 Å². The second-order valence-electron chi connectivity index (χ2n) is 5.37. The Morgan fingerprint density at radius 1 is 1.23 bits per heavy atom. The summed E-state index contributed by atoms with van der Waals surface area (Å²) in [5, 5.41) is 0. The third-order valence-corrected chi connectivity index (χ3v) is 3.87. The van der Waals surface area contributed by atoms with Gasteiger partial charge in [0.15, 0.2) is 0 Å². The molecule has 1 aliphatic rings. The average molecular weight is 303 g/mol. The lowest BCUT2D eigenvalue weighted by Crippen LogP contribution is -2.42. The first-order valence-corrected chi connectivity index (χ1v) is 7.41. The molecule has 1 fully saturated rings. The maximum Gasteiger partial charge on any atom is 0.254 e. The molecule has 3 rings (SSSR count). The van der Waals surface area contributed by atoms with Gasteiger partial charge in [0.2, 0.25) is 0 Å². The maximum atomic E-state index is 13.4. The van der Waals surface area contributed by atoms with E-state index in [0.717, 1.165) is 18.6 Å². The van der Waals surface area contributed by atoms with Gasteiger partial charge in [0.25, 0.3) is 5.91 Å². The number of nitrogens with zero attached hydrogens (tertiary/aromatic N) is 1. The van der Waals surface area contributed by atoms with Crippen molar-refractivity contribution in [3.8, 4) is 0 Å². The van der Waals surface area contributed by atoms with Gasteiger partial charge in [-0.25, -0.2) is 4.39 Å². The topological polar surface area (TPSA) is 42.7 Å². The van der Waals surface area contributed by atoms with Crippen molar-refractivity contribution < 1.29 is 18.3 Å². The molecule has 0 bridgehead atoms. The highest BCUT2D eigenvalue weighted by Crippen LogP contribution is 2.21. The predicted molar refractivity (Wildman–Crippen MR) is 78.8 cm³/mol. The Kier molecular flexibility index (Phi) is 4.53.